The maximum Gasteiger partial charge on any atom is 0.0619 e. The maximum atomic E-state index is 2.49. The van der Waals surface area contributed by atoms with Crippen LogP contribution in [0.15, 0.2) is 218 Å². The molecule has 2 nitrogen and oxygen atoms in total. The van der Waals surface area contributed by atoms with E-state index in [0.717, 1.165) is 5.69 Å². The second kappa shape index (κ2) is 12.7. The van der Waals surface area contributed by atoms with Crippen molar-refractivity contribution < 1.29 is 0 Å². The van der Waals surface area contributed by atoms with Crippen LogP contribution >= 0.6 is 0 Å². The minimum Gasteiger partial charge on any atom is -0.309 e. The predicted molar refractivity (Wildman–Crippen MR) is 263 cm³/mol. The Bertz CT molecular complexity index is 4000. The van der Waals surface area contributed by atoms with Crippen molar-refractivity contribution in [2.45, 2.75) is 0 Å². The lowest BCUT2D eigenvalue weighted by atomic mass is 9.93. The zero-order chi connectivity index (χ0) is 40.5. The fourth-order valence-corrected chi connectivity index (χ4v) is 10.8. The zero-order valence-corrected chi connectivity index (χ0v) is 33.7. The second-order valence-electron chi connectivity index (χ2n) is 16.9. The van der Waals surface area contributed by atoms with Gasteiger partial charge in [-0.15, -0.1) is 0 Å². The Labute approximate surface area is 357 Å². The van der Waals surface area contributed by atoms with E-state index in [2.05, 4.69) is 228 Å². The van der Waals surface area contributed by atoms with Crippen LogP contribution < -0.4 is 0 Å². The first-order chi connectivity index (χ1) is 30.7. The minimum absolute atomic E-state index is 1.16. The molecule has 0 atom stereocenters. The van der Waals surface area contributed by atoms with Crippen molar-refractivity contribution >= 4 is 75.9 Å². The number of para-hydroxylation sites is 2. The molecule has 0 radical (unpaired) electrons. The van der Waals surface area contributed by atoms with E-state index in [9.17, 15) is 0 Å². The molecule has 14 rings (SSSR count). The number of hydrogen-bond donors (Lipinski definition) is 0. The Morgan fingerprint density at radius 3 is 1.66 bits per heavy atom. The number of aromatic nitrogens is 2. The molecule has 286 valence electrons. The van der Waals surface area contributed by atoms with Crippen molar-refractivity contribution in [1.82, 2.24) is 9.13 Å². The Morgan fingerprint density at radius 2 is 0.823 bits per heavy atom. The molecule has 2 aromatic heterocycles. The van der Waals surface area contributed by atoms with Gasteiger partial charge >= 0.3 is 0 Å². The van der Waals surface area contributed by atoms with Crippen molar-refractivity contribution in [2.75, 3.05) is 0 Å². The Balaban J connectivity index is 0.920. The molecule has 2 heterocycles. The molecule has 11 aromatic carbocycles. The fraction of sp³-hybridized carbons (Fsp3) is 0. The van der Waals surface area contributed by atoms with Crippen LogP contribution in [0.2, 0.25) is 0 Å². The van der Waals surface area contributed by atoms with Gasteiger partial charge in [0.25, 0.3) is 0 Å². The quantitative estimate of drug-likeness (QED) is 0.168. The summed E-state index contributed by atoms with van der Waals surface area (Å²) >= 11 is 0. The van der Waals surface area contributed by atoms with Gasteiger partial charge in [-0.3, -0.25) is 0 Å². The van der Waals surface area contributed by atoms with E-state index < -0.39 is 0 Å². The number of rotatable bonds is 4. The number of nitrogens with zero attached hydrogens (tertiary/aromatic N) is 2. The van der Waals surface area contributed by atoms with Crippen LogP contribution in [0.1, 0.15) is 0 Å². The van der Waals surface area contributed by atoms with E-state index in [1.165, 1.54) is 126 Å². The molecule has 0 saturated carbocycles. The van der Waals surface area contributed by atoms with Gasteiger partial charge in [-0.1, -0.05) is 158 Å². The summed E-state index contributed by atoms with van der Waals surface area (Å²) in [5.74, 6) is 0. The lowest BCUT2D eigenvalue weighted by Gasteiger charge is -2.13. The van der Waals surface area contributed by atoms with Crippen molar-refractivity contribution in [3.05, 3.63) is 218 Å². The molecule has 13 aromatic rings. The van der Waals surface area contributed by atoms with Crippen LogP contribution in [0.3, 0.4) is 0 Å². The van der Waals surface area contributed by atoms with Gasteiger partial charge in [-0.25, -0.2) is 0 Å². The van der Waals surface area contributed by atoms with Gasteiger partial charge in [0, 0.05) is 38.3 Å². The van der Waals surface area contributed by atoms with Gasteiger partial charge in [0.15, 0.2) is 0 Å². The van der Waals surface area contributed by atoms with Crippen LogP contribution in [0.25, 0.3) is 132 Å². The molecule has 0 saturated heterocycles. The predicted octanol–water partition coefficient (Wildman–Crippen LogP) is 16.3. The van der Waals surface area contributed by atoms with Crippen molar-refractivity contribution in [3.8, 4) is 55.9 Å². The second-order valence-corrected chi connectivity index (χ2v) is 16.9. The van der Waals surface area contributed by atoms with Crippen LogP contribution in [0.4, 0.5) is 0 Å². The Morgan fingerprint density at radius 1 is 0.242 bits per heavy atom. The molecule has 0 fully saturated rings. The summed E-state index contributed by atoms with van der Waals surface area (Å²) in [6.07, 6.45) is 0. The van der Waals surface area contributed by atoms with Crippen LogP contribution in [0.5, 0.6) is 0 Å². The lowest BCUT2D eigenvalue weighted by Crippen LogP contribution is -1.95. The van der Waals surface area contributed by atoms with E-state index in [0.29, 0.717) is 0 Å². The summed E-state index contributed by atoms with van der Waals surface area (Å²) in [6.45, 7) is 0. The topological polar surface area (TPSA) is 9.86 Å². The summed E-state index contributed by atoms with van der Waals surface area (Å²) < 4.78 is 4.87. The summed E-state index contributed by atoms with van der Waals surface area (Å²) in [4.78, 5) is 0. The molecule has 0 spiro atoms. The third-order valence-corrected chi connectivity index (χ3v) is 13.6. The van der Waals surface area contributed by atoms with Gasteiger partial charge < -0.3 is 9.13 Å². The molecular weight excluding hydrogens is 749 g/mol. The van der Waals surface area contributed by atoms with E-state index in [1.807, 2.05) is 0 Å². The molecule has 0 N–H and O–H groups in total. The van der Waals surface area contributed by atoms with Gasteiger partial charge in [-0.05, 0) is 132 Å². The first kappa shape index (κ1) is 33.6. The van der Waals surface area contributed by atoms with E-state index in [1.54, 1.807) is 0 Å². The monoisotopic (exact) mass is 784 g/mol. The standard InChI is InChI=1S/C60H36N2/c1-2-12-43(13-3-1)61-56-20-9-8-17-49(56)54-35-40(25-31-57(54)61)41-26-32-58-55(36-41)53-28-24-37-11-4-5-14-46(37)60(53)62(58)44-27-23-38-33-42(22-21-39(38)34-44)45-29-30-52-48-16-7-6-15-47(48)51-19-10-18-50(45)59(51)52/h1-36H. The van der Waals surface area contributed by atoms with E-state index in [-0.39, 0.29) is 0 Å². The SMILES string of the molecule is c1ccc(-n2c3ccccc3c3cc(-c4ccc5c(c4)c4ccc6ccccc6c4n5-c4ccc5cc(-c6ccc7c8c(cccc68)-c6ccccc6-7)ccc5c4)ccc32)cc1. The molecule has 0 aliphatic heterocycles. The van der Waals surface area contributed by atoms with Crippen molar-refractivity contribution in [2.24, 2.45) is 0 Å². The Kier molecular flexibility index (Phi) is 6.86. The summed E-state index contributed by atoms with van der Waals surface area (Å²) in [7, 11) is 0. The van der Waals surface area contributed by atoms with Crippen LogP contribution in [-0.2, 0) is 0 Å². The zero-order valence-electron chi connectivity index (χ0n) is 33.7. The van der Waals surface area contributed by atoms with Crippen LogP contribution in [0, 0.1) is 0 Å². The van der Waals surface area contributed by atoms with Crippen molar-refractivity contribution in [3.63, 3.8) is 0 Å². The molecular formula is C60H36N2. The Hall–Kier alpha value is -8.20. The molecule has 0 unspecified atom stereocenters. The van der Waals surface area contributed by atoms with E-state index >= 15 is 0 Å². The largest absolute Gasteiger partial charge is 0.309 e. The third kappa shape index (κ3) is 4.69. The molecule has 62 heavy (non-hydrogen) atoms. The van der Waals surface area contributed by atoms with Gasteiger partial charge in [-0.2, -0.15) is 0 Å². The molecule has 2 heteroatoms. The normalized spacial score (nSPS) is 12.2. The molecule has 1 aliphatic carbocycles. The summed E-state index contributed by atoms with van der Waals surface area (Å²) in [5.41, 5.74) is 17.5. The van der Waals surface area contributed by atoms with Gasteiger partial charge in [0.05, 0.1) is 22.1 Å². The first-order valence-electron chi connectivity index (χ1n) is 21.5. The molecule has 0 bridgehead atoms. The summed E-state index contributed by atoms with van der Waals surface area (Å²) in [6, 6.07) is 81.0. The summed E-state index contributed by atoms with van der Waals surface area (Å²) in [5, 5.41) is 12.6. The highest BCUT2D eigenvalue weighted by Gasteiger charge is 2.23. The minimum atomic E-state index is 1.16. The highest BCUT2D eigenvalue weighted by molar-refractivity contribution is 6.21. The molecule has 1 aliphatic rings. The first-order valence-corrected chi connectivity index (χ1v) is 21.5. The smallest absolute Gasteiger partial charge is 0.0619 e. The van der Waals surface area contributed by atoms with Gasteiger partial charge in [0.2, 0.25) is 0 Å². The lowest BCUT2D eigenvalue weighted by molar-refractivity contribution is 1.18. The highest BCUT2D eigenvalue weighted by Crippen LogP contribution is 2.49. The molecule has 0 amide bonds. The van der Waals surface area contributed by atoms with Gasteiger partial charge in [0.1, 0.15) is 0 Å². The average Bonchev–Trinajstić information content (AvgIpc) is 3.98. The third-order valence-electron chi connectivity index (χ3n) is 13.6. The average molecular weight is 785 g/mol. The van der Waals surface area contributed by atoms with Crippen molar-refractivity contribution in [1.29, 1.82) is 0 Å². The van der Waals surface area contributed by atoms with Crippen LogP contribution in [-0.4, -0.2) is 9.13 Å². The maximum absolute atomic E-state index is 2.49. The highest BCUT2D eigenvalue weighted by atomic mass is 15.0. The number of fused-ring (bicyclic) bond motifs is 12. The number of benzene rings is 11. The van der Waals surface area contributed by atoms with E-state index in [4.69, 9.17) is 0 Å². The number of hydrogen-bond acceptors (Lipinski definition) is 0. The fourth-order valence-electron chi connectivity index (χ4n) is 10.8.